The molecule has 3 rings (SSSR count). The lowest BCUT2D eigenvalue weighted by Gasteiger charge is -2.15. The number of ether oxygens (including phenoxy) is 1. The third-order valence-electron chi connectivity index (χ3n) is 4.17. The van der Waals surface area contributed by atoms with E-state index in [1.54, 1.807) is 0 Å². The molecule has 0 spiro atoms. The van der Waals surface area contributed by atoms with Crippen LogP contribution in [0.3, 0.4) is 0 Å². The van der Waals surface area contributed by atoms with Gasteiger partial charge in [-0.1, -0.05) is 30.3 Å². The van der Waals surface area contributed by atoms with E-state index in [2.05, 4.69) is 5.32 Å². The Kier molecular flexibility index (Phi) is 4.93. The highest BCUT2D eigenvalue weighted by Gasteiger charge is 2.17. The quantitative estimate of drug-likeness (QED) is 0.886. The Balaban J connectivity index is 1.58. The fraction of sp³-hybridized carbons (Fsp3) is 0.316. The van der Waals surface area contributed by atoms with E-state index >= 15 is 0 Å². The van der Waals surface area contributed by atoms with Gasteiger partial charge in [0.05, 0.1) is 6.10 Å². The topological polar surface area (TPSA) is 64.4 Å². The van der Waals surface area contributed by atoms with Crippen LogP contribution in [0.25, 0.3) is 0 Å². The van der Waals surface area contributed by atoms with Gasteiger partial charge in [0.25, 0.3) is 0 Å². The van der Waals surface area contributed by atoms with Crippen molar-refractivity contribution in [3.63, 3.8) is 0 Å². The average molecular weight is 310 g/mol. The summed E-state index contributed by atoms with van der Waals surface area (Å²) in [6.45, 7) is 0. The number of amides is 1. The summed E-state index contributed by atoms with van der Waals surface area (Å²) in [4.78, 5) is 12.2. The van der Waals surface area contributed by atoms with Crippen LogP contribution < -0.4 is 15.8 Å². The predicted molar refractivity (Wildman–Crippen MR) is 91.3 cm³/mol. The second-order valence-corrected chi connectivity index (χ2v) is 5.93. The Bertz CT molecular complexity index is 634. The summed E-state index contributed by atoms with van der Waals surface area (Å²) in [6, 6.07) is 16.1. The number of anilines is 1. The summed E-state index contributed by atoms with van der Waals surface area (Å²) in [5.41, 5.74) is 7.51. The monoisotopic (exact) mass is 310 g/mol. The van der Waals surface area contributed by atoms with E-state index in [1.807, 2.05) is 54.6 Å². The van der Waals surface area contributed by atoms with E-state index in [9.17, 15) is 4.79 Å². The maximum atomic E-state index is 12.2. The van der Waals surface area contributed by atoms with E-state index in [0.717, 1.165) is 29.8 Å². The Morgan fingerprint density at radius 2 is 1.70 bits per heavy atom. The Hall–Kier alpha value is -2.33. The summed E-state index contributed by atoms with van der Waals surface area (Å²) in [6.07, 6.45) is 5.09. The molecule has 3 N–H and O–H groups in total. The molecule has 120 valence electrons. The van der Waals surface area contributed by atoms with Gasteiger partial charge in [0.2, 0.25) is 5.91 Å². The van der Waals surface area contributed by atoms with E-state index in [0.29, 0.717) is 6.10 Å². The zero-order chi connectivity index (χ0) is 16.1. The van der Waals surface area contributed by atoms with E-state index < -0.39 is 6.04 Å². The number of hydrogen-bond donors (Lipinski definition) is 2. The van der Waals surface area contributed by atoms with Crippen LogP contribution in [0, 0.1) is 0 Å². The van der Waals surface area contributed by atoms with Crippen molar-refractivity contribution in [2.75, 3.05) is 5.32 Å². The molecule has 1 aliphatic carbocycles. The molecule has 0 saturated heterocycles. The fourth-order valence-corrected chi connectivity index (χ4v) is 2.85. The lowest BCUT2D eigenvalue weighted by atomic mass is 10.1. The molecule has 1 atom stereocenters. The van der Waals surface area contributed by atoms with Crippen molar-refractivity contribution in [1.82, 2.24) is 0 Å². The van der Waals surface area contributed by atoms with Gasteiger partial charge in [-0.15, -0.1) is 0 Å². The van der Waals surface area contributed by atoms with E-state index in [4.69, 9.17) is 10.5 Å². The van der Waals surface area contributed by atoms with Crippen LogP contribution in [0.4, 0.5) is 5.69 Å². The first kappa shape index (κ1) is 15.6. The minimum Gasteiger partial charge on any atom is -0.490 e. The van der Waals surface area contributed by atoms with Crippen LogP contribution in [0.1, 0.15) is 37.3 Å². The van der Waals surface area contributed by atoms with Gasteiger partial charge in [0.1, 0.15) is 11.8 Å². The number of hydrogen-bond acceptors (Lipinski definition) is 3. The summed E-state index contributed by atoms with van der Waals surface area (Å²) < 4.78 is 5.91. The lowest BCUT2D eigenvalue weighted by Crippen LogP contribution is -2.27. The molecule has 0 heterocycles. The molecular weight excluding hydrogens is 288 g/mol. The maximum absolute atomic E-state index is 12.2. The molecule has 1 saturated carbocycles. The van der Waals surface area contributed by atoms with Gasteiger partial charge in [0.15, 0.2) is 0 Å². The molecule has 2 aromatic carbocycles. The van der Waals surface area contributed by atoms with Crippen molar-refractivity contribution in [3.8, 4) is 5.75 Å². The van der Waals surface area contributed by atoms with E-state index in [-0.39, 0.29) is 5.91 Å². The molecule has 0 radical (unpaired) electrons. The van der Waals surface area contributed by atoms with Gasteiger partial charge in [0, 0.05) is 5.69 Å². The standard InChI is InChI=1S/C19H22N2O2/c20-18(14-6-2-1-3-7-14)19(22)21-15-10-12-17(13-11-15)23-16-8-4-5-9-16/h1-3,6-7,10-13,16,18H,4-5,8-9,20H2,(H,21,22). The van der Waals surface area contributed by atoms with Crippen molar-refractivity contribution >= 4 is 11.6 Å². The van der Waals surface area contributed by atoms with Gasteiger partial charge in [-0.05, 0) is 55.5 Å². The SMILES string of the molecule is NC(C(=O)Nc1ccc(OC2CCCC2)cc1)c1ccccc1. The largest absolute Gasteiger partial charge is 0.490 e. The third kappa shape index (κ3) is 4.11. The molecule has 23 heavy (non-hydrogen) atoms. The smallest absolute Gasteiger partial charge is 0.245 e. The Morgan fingerprint density at radius 1 is 1.04 bits per heavy atom. The minimum atomic E-state index is -0.675. The van der Waals surface area contributed by atoms with Crippen LogP contribution in [-0.2, 0) is 4.79 Å². The van der Waals surface area contributed by atoms with Crippen molar-refractivity contribution in [2.24, 2.45) is 5.73 Å². The molecule has 1 fully saturated rings. The minimum absolute atomic E-state index is 0.222. The first-order valence-electron chi connectivity index (χ1n) is 8.10. The molecule has 4 nitrogen and oxygen atoms in total. The summed E-state index contributed by atoms with van der Waals surface area (Å²) in [5.74, 6) is 0.628. The normalized spacial score (nSPS) is 16.0. The van der Waals surface area contributed by atoms with Crippen molar-refractivity contribution < 1.29 is 9.53 Å². The van der Waals surface area contributed by atoms with Gasteiger partial charge < -0.3 is 15.8 Å². The molecule has 1 amide bonds. The van der Waals surface area contributed by atoms with Gasteiger partial charge in [-0.3, -0.25) is 4.79 Å². The first-order valence-corrected chi connectivity index (χ1v) is 8.10. The van der Waals surface area contributed by atoms with Crippen LogP contribution in [0.15, 0.2) is 54.6 Å². The number of carbonyl (C=O) groups excluding carboxylic acids is 1. The summed E-state index contributed by atoms with van der Waals surface area (Å²) >= 11 is 0. The molecule has 1 unspecified atom stereocenters. The highest BCUT2D eigenvalue weighted by molar-refractivity contribution is 5.95. The van der Waals surface area contributed by atoms with Gasteiger partial charge >= 0.3 is 0 Å². The second kappa shape index (κ2) is 7.29. The molecule has 0 bridgehead atoms. The highest BCUT2D eigenvalue weighted by atomic mass is 16.5. The zero-order valence-corrected chi connectivity index (χ0v) is 13.1. The van der Waals surface area contributed by atoms with Crippen LogP contribution in [-0.4, -0.2) is 12.0 Å². The molecule has 0 aliphatic heterocycles. The summed E-state index contributed by atoms with van der Waals surface area (Å²) in [7, 11) is 0. The molecule has 4 heteroatoms. The average Bonchev–Trinajstić information content (AvgIpc) is 3.10. The van der Waals surface area contributed by atoms with Crippen LogP contribution >= 0.6 is 0 Å². The second-order valence-electron chi connectivity index (χ2n) is 5.93. The summed E-state index contributed by atoms with van der Waals surface area (Å²) in [5, 5.41) is 2.84. The fourth-order valence-electron chi connectivity index (χ4n) is 2.85. The lowest BCUT2D eigenvalue weighted by molar-refractivity contribution is -0.117. The zero-order valence-electron chi connectivity index (χ0n) is 13.1. The van der Waals surface area contributed by atoms with Crippen LogP contribution in [0.2, 0.25) is 0 Å². The predicted octanol–water partition coefficient (Wildman–Crippen LogP) is 3.65. The number of carbonyl (C=O) groups is 1. The van der Waals surface area contributed by atoms with Crippen molar-refractivity contribution in [2.45, 2.75) is 37.8 Å². The number of benzene rings is 2. The van der Waals surface area contributed by atoms with E-state index in [1.165, 1.54) is 12.8 Å². The number of nitrogens with two attached hydrogens (primary N) is 1. The van der Waals surface area contributed by atoms with Crippen molar-refractivity contribution in [3.05, 3.63) is 60.2 Å². The van der Waals surface area contributed by atoms with Gasteiger partial charge in [-0.2, -0.15) is 0 Å². The molecule has 0 aromatic heterocycles. The maximum Gasteiger partial charge on any atom is 0.245 e. The molecular formula is C19H22N2O2. The van der Waals surface area contributed by atoms with Crippen LogP contribution in [0.5, 0.6) is 5.75 Å². The Morgan fingerprint density at radius 3 is 2.35 bits per heavy atom. The van der Waals surface area contributed by atoms with Crippen molar-refractivity contribution in [1.29, 1.82) is 0 Å². The Labute approximate surface area is 136 Å². The van der Waals surface area contributed by atoms with Gasteiger partial charge in [-0.25, -0.2) is 0 Å². The molecule has 1 aliphatic rings. The number of rotatable bonds is 5. The third-order valence-corrected chi connectivity index (χ3v) is 4.17. The highest BCUT2D eigenvalue weighted by Crippen LogP contribution is 2.25. The molecule has 2 aromatic rings. The number of nitrogens with one attached hydrogen (secondary N) is 1. The first-order chi connectivity index (χ1) is 11.2.